The van der Waals surface area contributed by atoms with Crippen LogP contribution in [0.1, 0.15) is 22.6 Å². The summed E-state index contributed by atoms with van der Waals surface area (Å²) in [7, 11) is 0. The lowest BCUT2D eigenvalue weighted by Crippen LogP contribution is -1.81. The molecule has 3 aromatic rings. The molecule has 0 saturated carbocycles. The zero-order chi connectivity index (χ0) is 14.7. The van der Waals surface area contributed by atoms with Crippen molar-refractivity contribution in [3.63, 3.8) is 0 Å². The highest BCUT2D eigenvalue weighted by atomic mass is 16.4. The number of benzene rings is 2. The fraction of sp³-hybridized carbons (Fsp3) is 0.111. The van der Waals surface area contributed by atoms with Crippen LogP contribution in [-0.4, -0.2) is 10.2 Å². The van der Waals surface area contributed by atoms with E-state index < -0.39 is 0 Å². The van der Waals surface area contributed by atoms with E-state index in [1.165, 1.54) is 5.56 Å². The molecule has 0 unspecified atom stereocenters. The van der Waals surface area contributed by atoms with Crippen LogP contribution in [0, 0.1) is 25.7 Å². The maximum absolute atomic E-state index is 5.60. The zero-order valence-corrected chi connectivity index (χ0v) is 11.9. The first kappa shape index (κ1) is 13.1. The number of aryl methyl sites for hydroxylation is 2. The zero-order valence-electron chi connectivity index (χ0n) is 11.9. The van der Waals surface area contributed by atoms with Gasteiger partial charge in [-0.15, -0.1) is 5.10 Å². The molecule has 0 N–H and O–H groups in total. The number of hydrogen-bond acceptors (Lipinski definition) is 3. The van der Waals surface area contributed by atoms with Gasteiger partial charge in [-0.1, -0.05) is 46.9 Å². The van der Waals surface area contributed by atoms with E-state index in [1.807, 2.05) is 62.4 Å². The average Bonchev–Trinajstić information content (AvgIpc) is 2.96. The van der Waals surface area contributed by atoms with Crippen molar-refractivity contribution in [2.75, 3.05) is 0 Å². The van der Waals surface area contributed by atoms with E-state index in [0.717, 1.165) is 16.7 Å². The molecular formula is C18H14N2O. The van der Waals surface area contributed by atoms with Crippen molar-refractivity contribution in [3.8, 4) is 23.3 Å². The predicted molar refractivity (Wildman–Crippen MR) is 81.6 cm³/mol. The summed E-state index contributed by atoms with van der Waals surface area (Å²) >= 11 is 0. The van der Waals surface area contributed by atoms with Gasteiger partial charge in [0.1, 0.15) is 0 Å². The highest BCUT2D eigenvalue weighted by Crippen LogP contribution is 2.21. The Balaban J connectivity index is 1.86. The van der Waals surface area contributed by atoms with Crippen molar-refractivity contribution in [3.05, 3.63) is 71.1 Å². The van der Waals surface area contributed by atoms with E-state index in [-0.39, 0.29) is 0 Å². The highest BCUT2D eigenvalue weighted by Gasteiger charge is 2.08. The monoisotopic (exact) mass is 274 g/mol. The Morgan fingerprint density at radius 1 is 0.857 bits per heavy atom. The third-order valence-corrected chi connectivity index (χ3v) is 3.17. The molecule has 0 radical (unpaired) electrons. The summed E-state index contributed by atoms with van der Waals surface area (Å²) in [5, 5.41) is 8.03. The van der Waals surface area contributed by atoms with Crippen LogP contribution < -0.4 is 0 Å². The molecule has 3 nitrogen and oxygen atoms in total. The van der Waals surface area contributed by atoms with Crippen LogP contribution in [0.5, 0.6) is 0 Å². The molecule has 0 aliphatic rings. The van der Waals surface area contributed by atoms with E-state index in [4.69, 9.17) is 4.42 Å². The fourth-order valence-corrected chi connectivity index (χ4v) is 1.96. The average molecular weight is 274 g/mol. The quantitative estimate of drug-likeness (QED) is 0.634. The Morgan fingerprint density at radius 2 is 1.62 bits per heavy atom. The minimum absolute atomic E-state index is 0.328. The molecule has 0 fully saturated rings. The van der Waals surface area contributed by atoms with Crippen molar-refractivity contribution in [1.82, 2.24) is 10.2 Å². The molecule has 0 amide bonds. The predicted octanol–water partition coefficient (Wildman–Crippen LogP) is 3.75. The van der Waals surface area contributed by atoms with Gasteiger partial charge in [0.2, 0.25) is 5.89 Å². The van der Waals surface area contributed by atoms with Crippen LogP contribution in [0.15, 0.2) is 52.9 Å². The third kappa shape index (κ3) is 3.01. The van der Waals surface area contributed by atoms with Crippen molar-refractivity contribution >= 4 is 0 Å². The van der Waals surface area contributed by atoms with Crippen molar-refractivity contribution < 1.29 is 4.42 Å². The SMILES string of the molecule is Cc1ccc(C#Cc2nnc(-c3ccccc3C)o2)cc1. The molecule has 0 saturated heterocycles. The molecule has 21 heavy (non-hydrogen) atoms. The second-order valence-corrected chi connectivity index (χ2v) is 4.84. The normalized spacial score (nSPS) is 10.0. The van der Waals surface area contributed by atoms with Gasteiger partial charge in [0.15, 0.2) is 0 Å². The Hall–Kier alpha value is -2.86. The summed E-state index contributed by atoms with van der Waals surface area (Å²) < 4.78 is 5.60. The van der Waals surface area contributed by atoms with Crippen molar-refractivity contribution in [2.24, 2.45) is 0 Å². The molecule has 0 aliphatic carbocycles. The molecule has 0 bridgehead atoms. The van der Waals surface area contributed by atoms with Crippen molar-refractivity contribution in [2.45, 2.75) is 13.8 Å². The topological polar surface area (TPSA) is 38.9 Å². The maximum atomic E-state index is 5.60. The van der Waals surface area contributed by atoms with Crippen LogP contribution in [0.4, 0.5) is 0 Å². The number of rotatable bonds is 1. The minimum Gasteiger partial charge on any atom is -0.410 e. The van der Waals surface area contributed by atoms with Crippen LogP contribution in [-0.2, 0) is 0 Å². The van der Waals surface area contributed by atoms with Crippen molar-refractivity contribution in [1.29, 1.82) is 0 Å². The van der Waals surface area contributed by atoms with Gasteiger partial charge in [-0.05, 0) is 43.5 Å². The number of nitrogens with zero attached hydrogens (tertiary/aromatic N) is 2. The summed E-state index contributed by atoms with van der Waals surface area (Å²) in [6, 6.07) is 15.9. The van der Waals surface area contributed by atoms with E-state index in [9.17, 15) is 0 Å². The molecule has 0 spiro atoms. The van der Waals surface area contributed by atoms with E-state index in [2.05, 4.69) is 22.0 Å². The highest BCUT2D eigenvalue weighted by molar-refractivity contribution is 5.57. The van der Waals surface area contributed by atoms with E-state index in [1.54, 1.807) is 0 Å². The van der Waals surface area contributed by atoms with Crippen LogP contribution in [0.3, 0.4) is 0 Å². The van der Waals surface area contributed by atoms with Gasteiger partial charge in [-0.3, -0.25) is 0 Å². The smallest absolute Gasteiger partial charge is 0.294 e. The standard InChI is InChI=1S/C18H14N2O/c1-13-7-9-15(10-8-13)11-12-17-19-20-18(21-17)16-6-4-3-5-14(16)2/h3-10H,1-2H3. The summed E-state index contributed by atoms with van der Waals surface area (Å²) in [6.07, 6.45) is 0. The summed E-state index contributed by atoms with van der Waals surface area (Å²) in [5.41, 5.74) is 4.17. The summed E-state index contributed by atoms with van der Waals surface area (Å²) in [6.45, 7) is 4.06. The lowest BCUT2D eigenvalue weighted by molar-refractivity contribution is 0.554. The molecule has 1 heterocycles. The third-order valence-electron chi connectivity index (χ3n) is 3.17. The fourth-order valence-electron chi connectivity index (χ4n) is 1.96. The van der Waals surface area contributed by atoms with Crippen LogP contribution >= 0.6 is 0 Å². The molecule has 102 valence electrons. The van der Waals surface area contributed by atoms with E-state index >= 15 is 0 Å². The maximum Gasteiger partial charge on any atom is 0.294 e. The van der Waals surface area contributed by atoms with E-state index in [0.29, 0.717) is 11.8 Å². The molecule has 3 heteroatoms. The Kier molecular flexibility index (Phi) is 3.53. The summed E-state index contributed by atoms with van der Waals surface area (Å²) in [5.74, 6) is 6.75. The minimum atomic E-state index is 0.328. The number of aromatic nitrogens is 2. The second-order valence-electron chi connectivity index (χ2n) is 4.84. The lowest BCUT2D eigenvalue weighted by Gasteiger charge is -1.97. The molecule has 1 aromatic heterocycles. The Morgan fingerprint density at radius 3 is 2.38 bits per heavy atom. The molecule has 0 atom stereocenters. The Labute approximate surface area is 123 Å². The van der Waals surface area contributed by atoms with Crippen LogP contribution in [0.2, 0.25) is 0 Å². The van der Waals surface area contributed by atoms with Gasteiger partial charge in [0, 0.05) is 11.1 Å². The van der Waals surface area contributed by atoms with Crippen LogP contribution in [0.25, 0.3) is 11.5 Å². The molecule has 0 aliphatic heterocycles. The Bertz CT molecular complexity index is 820. The van der Waals surface area contributed by atoms with Gasteiger partial charge < -0.3 is 4.42 Å². The first-order valence-corrected chi connectivity index (χ1v) is 6.70. The van der Waals surface area contributed by atoms with Gasteiger partial charge >= 0.3 is 0 Å². The summed E-state index contributed by atoms with van der Waals surface area (Å²) in [4.78, 5) is 0. The van der Waals surface area contributed by atoms with Gasteiger partial charge in [-0.2, -0.15) is 0 Å². The second kappa shape index (κ2) is 5.64. The van der Waals surface area contributed by atoms with Gasteiger partial charge in [-0.25, -0.2) is 0 Å². The molecule has 2 aromatic carbocycles. The van der Waals surface area contributed by atoms with Gasteiger partial charge in [0.25, 0.3) is 5.89 Å². The molecular weight excluding hydrogens is 260 g/mol. The largest absolute Gasteiger partial charge is 0.410 e. The number of hydrogen-bond donors (Lipinski definition) is 0. The lowest BCUT2D eigenvalue weighted by atomic mass is 10.1. The van der Waals surface area contributed by atoms with Gasteiger partial charge in [0.05, 0.1) is 0 Å². The first-order valence-electron chi connectivity index (χ1n) is 6.70. The molecule has 3 rings (SSSR count). The first-order chi connectivity index (χ1) is 10.2.